The fourth-order valence-electron chi connectivity index (χ4n) is 1.88. The lowest BCUT2D eigenvalue weighted by Gasteiger charge is -2.30. The molecule has 1 amide bonds. The second kappa shape index (κ2) is 5.19. The number of rotatable bonds is 1. The Morgan fingerprint density at radius 3 is 3.00 bits per heavy atom. The molecule has 17 heavy (non-hydrogen) atoms. The largest absolute Gasteiger partial charge is 0.399 e. The average molecular weight is 271 g/mol. The minimum Gasteiger partial charge on any atom is -0.399 e. The van der Waals surface area contributed by atoms with Crippen molar-refractivity contribution in [1.29, 1.82) is 0 Å². The molecule has 1 aromatic carbocycles. The maximum absolute atomic E-state index is 12.3. The predicted molar refractivity (Wildman–Crippen MR) is 73.7 cm³/mol. The number of nitrogens with zero attached hydrogens (tertiary/aromatic N) is 1. The second-order valence-electron chi connectivity index (χ2n) is 4.17. The smallest absolute Gasteiger partial charge is 0.255 e. The molecule has 1 fully saturated rings. The van der Waals surface area contributed by atoms with Gasteiger partial charge in [-0.15, -0.1) is 0 Å². The first-order valence-corrected chi connectivity index (χ1v) is 6.96. The van der Waals surface area contributed by atoms with Gasteiger partial charge in [0, 0.05) is 29.8 Å². The van der Waals surface area contributed by atoms with Crippen molar-refractivity contribution in [3.63, 3.8) is 0 Å². The molecule has 3 nitrogen and oxygen atoms in total. The van der Waals surface area contributed by atoms with Crippen molar-refractivity contribution in [3.05, 3.63) is 28.8 Å². The highest BCUT2D eigenvalue weighted by molar-refractivity contribution is 7.99. The van der Waals surface area contributed by atoms with Gasteiger partial charge in [-0.2, -0.15) is 11.8 Å². The van der Waals surface area contributed by atoms with E-state index in [0.717, 1.165) is 18.8 Å². The molecule has 1 heterocycles. The van der Waals surface area contributed by atoms with Crippen LogP contribution in [0.4, 0.5) is 5.69 Å². The molecule has 1 unspecified atom stereocenters. The van der Waals surface area contributed by atoms with E-state index in [1.807, 2.05) is 16.7 Å². The number of halogens is 1. The number of hydrogen-bond acceptors (Lipinski definition) is 3. The molecule has 0 aliphatic carbocycles. The Kier molecular flexibility index (Phi) is 3.84. The van der Waals surface area contributed by atoms with E-state index in [1.54, 1.807) is 18.2 Å². The zero-order valence-corrected chi connectivity index (χ0v) is 11.2. The molecule has 2 N–H and O–H groups in total. The van der Waals surface area contributed by atoms with Crippen molar-refractivity contribution >= 4 is 35.0 Å². The van der Waals surface area contributed by atoms with E-state index in [4.69, 9.17) is 17.3 Å². The molecular formula is C12H15ClN2OS. The molecule has 5 heteroatoms. The van der Waals surface area contributed by atoms with Crippen molar-refractivity contribution in [2.75, 3.05) is 24.6 Å². The molecule has 1 aromatic rings. The minimum atomic E-state index is 0.00199. The summed E-state index contributed by atoms with van der Waals surface area (Å²) < 4.78 is 0. The molecule has 2 rings (SSSR count). The van der Waals surface area contributed by atoms with Crippen LogP contribution in [0.1, 0.15) is 17.3 Å². The van der Waals surface area contributed by atoms with E-state index in [9.17, 15) is 4.79 Å². The van der Waals surface area contributed by atoms with Gasteiger partial charge in [-0.1, -0.05) is 18.5 Å². The molecule has 1 aliphatic heterocycles. The fourth-order valence-corrected chi connectivity index (χ4v) is 3.16. The van der Waals surface area contributed by atoms with Crippen molar-refractivity contribution in [2.24, 2.45) is 0 Å². The van der Waals surface area contributed by atoms with Gasteiger partial charge < -0.3 is 10.6 Å². The van der Waals surface area contributed by atoms with Gasteiger partial charge >= 0.3 is 0 Å². The van der Waals surface area contributed by atoms with Crippen LogP contribution >= 0.6 is 23.4 Å². The lowest BCUT2D eigenvalue weighted by molar-refractivity contribution is 0.0763. The summed E-state index contributed by atoms with van der Waals surface area (Å²) in [6.07, 6.45) is 0. The predicted octanol–water partition coefficient (Wildman–Crippen LogP) is 2.50. The number of anilines is 1. The summed E-state index contributed by atoms with van der Waals surface area (Å²) in [5.74, 6) is 0.988. The number of carbonyl (C=O) groups excluding carboxylic acids is 1. The van der Waals surface area contributed by atoms with Crippen molar-refractivity contribution in [3.8, 4) is 0 Å². The molecule has 0 spiro atoms. The number of carbonyl (C=O) groups is 1. The minimum absolute atomic E-state index is 0.00199. The van der Waals surface area contributed by atoms with Gasteiger partial charge in [-0.05, 0) is 18.2 Å². The second-order valence-corrected chi connectivity index (χ2v) is 6.13. The molecule has 1 aliphatic rings. The van der Waals surface area contributed by atoms with Crippen LogP contribution in [0.15, 0.2) is 18.2 Å². The van der Waals surface area contributed by atoms with E-state index < -0.39 is 0 Å². The lowest BCUT2D eigenvalue weighted by atomic mass is 10.1. The normalized spacial score (nSPS) is 20.4. The maximum atomic E-state index is 12.3. The van der Waals surface area contributed by atoms with Crippen LogP contribution in [0, 0.1) is 0 Å². The quantitative estimate of drug-likeness (QED) is 0.798. The summed E-state index contributed by atoms with van der Waals surface area (Å²) in [4.78, 5) is 14.1. The third-order valence-corrected chi connectivity index (χ3v) is 4.20. The van der Waals surface area contributed by atoms with Crippen molar-refractivity contribution in [1.82, 2.24) is 4.90 Å². The van der Waals surface area contributed by atoms with Crippen LogP contribution in [0.3, 0.4) is 0 Å². The van der Waals surface area contributed by atoms with Gasteiger partial charge in [-0.3, -0.25) is 4.79 Å². The Bertz CT molecular complexity index is 439. The fraction of sp³-hybridized carbons (Fsp3) is 0.417. The van der Waals surface area contributed by atoms with Crippen molar-refractivity contribution < 1.29 is 4.79 Å². The Morgan fingerprint density at radius 1 is 1.59 bits per heavy atom. The van der Waals surface area contributed by atoms with Gasteiger partial charge in [0.25, 0.3) is 5.91 Å². The van der Waals surface area contributed by atoms with Gasteiger partial charge in [-0.25, -0.2) is 0 Å². The van der Waals surface area contributed by atoms with E-state index in [0.29, 0.717) is 21.5 Å². The highest BCUT2D eigenvalue weighted by Gasteiger charge is 2.23. The number of nitrogen functional groups attached to an aromatic ring is 1. The Labute approximate surface area is 110 Å². The summed E-state index contributed by atoms with van der Waals surface area (Å²) in [6.45, 7) is 3.70. The maximum Gasteiger partial charge on any atom is 0.255 e. The zero-order chi connectivity index (χ0) is 12.4. The highest BCUT2D eigenvalue weighted by atomic mass is 35.5. The average Bonchev–Trinajstić information content (AvgIpc) is 2.28. The number of hydrogen-bond donors (Lipinski definition) is 1. The summed E-state index contributed by atoms with van der Waals surface area (Å²) >= 11 is 7.94. The molecule has 0 radical (unpaired) electrons. The standard InChI is InChI=1S/C12H15ClN2OS/c1-8-7-15(4-5-17-8)12(16)10-3-2-9(14)6-11(10)13/h2-3,6,8H,4-5,7,14H2,1H3. The first-order chi connectivity index (χ1) is 8.08. The Morgan fingerprint density at radius 2 is 2.35 bits per heavy atom. The van der Waals surface area contributed by atoms with Crippen LogP contribution < -0.4 is 5.73 Å². The molecule has 92 valence electrons. The Balaban J connectivity index is 2.18. The monoisotopic (exact) mass is 270 g/mol. The third-order valence-electron chi connectivity index (χ3n) is 2.75. The molecule has 1 saturated heterocycles. The number of amides is 1. The highest BCUT2D eigenvalue weighted by Crippen LogP contribution is 2.24. The molecule has 0 bridgehead atoms. The van der Waals surface area contributed by atoms with Gasteiger partial charge in [0.1, 0.15) is 0 Å². The van der Waals surface area contributed by atoms with E-state index in [1.165, 1.54) is 0 Å². The summed E-state index contributed by atoms with van der Waals surface area (Å²) in [6, 6.07) is 5.03. The molecule has 1 atom stereocenters. The SMILES string of the molecule is CC1CN(C(=O)c2ccc(N)cc2Cl)CCS1. The number of benzene rings is 1. The summed E-state index contributed by atoms with van der Waals surface area (Å²) in [5, 5.41) is 0.918. The van der Waals surface area contributed by atoms with Crippen LogP contribution in [0.25, 0.3) is 0 Å². The van der Waals surface area contributed by atoms with Crippen LogP contribution in [0.5, 0.6) is 0 Å². The zero-order valence-electron chi connectivity index (χ0n) is 9.65. The van der Waals surface area contributed by atoms with E-state index >= 15 is 0 Å². The van der Waals surface area contributed by atoms with Gasteiger partial charge in [0.15, 0.2) is 0 Å². The summed E-state index contributed by atoms with van der Waals surface area (Å²) in [5.41, 5.74) is 6.74. The van der Waals surface area contributed by atoms with E-state index in [-0.39, 0.29) is 5.91 Å². The first kappa shape index (κ1) is 12.6. The van der Waals surface area contributed by atoms with Gasteiger partial charge in [0.2, 0.25) is 0 Å². The molecule has 0 aromatic heterocycles. The third kappa shape index (κ3) is 2.87. The van der Waals surface area contributed by atoms with Crippen LogP contribution in [-0.4, -0.2) is 34.9 Å². The Hall–Kier alpha value is -0.870. The number of thioether (sulfide) groups is 1. The van der Waals surface area contributed by atoms with Gasteiger partial charge in [0.05, 0.1) is 10.6 Å². The van der Waals surface area contributed by atoms with E-state index in [2.05, 4.69) is 6.92 Å². The van der Waals surface area contributed by atoms with Crippen molar-refractivity contribution in [2.45, 2.75) is 12.2 Å². The first-order valence-electron chi connectivity index (χ1n) is 5.54. The number of nitrogens with two attached hydrogens (primary N) is 1. The topological polar surface area (TPSA) is 46.3 Å². The molecular weight excluding hydrogens is 256 g/mol. The molecule has 0 saturated carbocycles. The van der Waals surface area contributed by atoms with Crippen LogP contribution in [-0.2, 0) is 0 Å². The summed E-state index contributed by atoms with van der Waals surface area (Å²) in [7, 11) is 0. The van der Waals surface area contributed by atoms with Crippen LogP contribution in [0.2, 0.25) is 5.02 Å². The lowest BCUT2D eigenvalue weighted by Crippen LogP contribution is -2.41.